The van der Waals surface area contributed by atoms with Crippen molar-refractivity contribution in [2.45, 2.75) is 210 Å². The summed E-state index contributed by atoms with van der Waals surface area (Å²) in [5.74, 6) is -6.43. The van der Waals surface area contributed by atoms with Gasteiger partial charge in [0.05, 0.1) is 32.9 Å². The van der Waals surface area contributed by atoms with E-state index in [9.17, 15) is 79.2 Å². The zero-order chi connectivity index (χ0) is 95.8. The highest BCUT2D eigenvalue weighted by Crippen LogP contribution is 2.40. The van der Waals surface area contributed by atoms with Gasteiger partial charge in [0.2, 0.25) is 0 Å². The van der Waals surface area contributed by atoms with Gasteiger partial charge in [-0.15, -0.1) is 0 Å². The van der Waals surface area contributed by atoms with Crippen LogP contribution in [0.15, 0.2) is 154 Å². The van der Waals surface area contributed by atoms with Crippen LogP contribution in [0.5, 0.6) is 46.0 Å². The summed E-state index contributed by atoms with van der Waals surface area (Å²) >= 11 is 12.6. The number of carbonyl (C=O) groups is 8. The lowest BCUT2D eigenvalue weighted by Gasteiger charge is -2.18. The molecule has 34 heteroatoms. The first-order chi connectivity index (χ1) is 62.3. The van der Waals surface area contributed by atoms with Crippen LogP contribution < -0.4 is 0 Å². The molecule has 4 aromatic carbocycles. The molecule has 4 aliphatic heterocycles. The van der Waals surface area contributed by atoms with Crippen molar-refractivity contribution >= 4 is 93.6 Å². The number of ether oxygens (including phenoxy) is 4. The van der Waals surface area contributed by atoms with E-state index in [1.807, 2.05) is 128 Å². The number of likely N-dealkylation sites (N-methyl/N-ethyl adjacent to an activating group) is 4. The van der Waals surface area contributed by atoms with Crippen LogP contribution in [-0.4, -0.2) is 234 Å². The topological polar surface area (TPSA) is 435 Å². The summed E-state index contributed by atoms with van der Waals surface area (Å²) in [6.07, 6.45) is 37.2. The first-order valence-electron chi connectivity index (χ1n) is 43.8. The molecule has 0 saturated heterocycles. The van der Waals surface area contributed by atoms with Crippen LogP contribution in [0.25, 0.3) is 0 Å². The number of fused-ring (bicyclic) bond motifs is 4. The van der Waals surface area contributed by atoms with E-state index in [0.717, 1.165) is 75.6 Å². The molecule has 0 fully saturated rings. The van der Waals surface area contributed by atoms with E-state index in [1.165, 1.54) is 12.1 Å². The van der Waals surface area contributed by atoms with Gasteiger partial charge in [0.1, 0.15) is 92.7 Å². The number of phenolic OH excluding ortho intramolecular Hbond substituents is 8. The van der Waals surface area contributed by atoms with Crippen LogP contribution in [0.1, 0.15) is 224 Å². The number of hydrogen-bond donors (Lipinski definition) is 8. The maximum Gasteiger partial charge on any atom is 0.342 e. The average Bonchev–Trinajstić information content (AvgIpc) is 0.797. The molecule has 8 N–H and O–H groups in total. The number of hydrogen-bond acceptors (Lipinski definition) is 28. The van der Waals surface area contributed by atoms with E-state index in [-0.39, 0.29) is 166 Å². The third kappa shape index (κ3) is 36.5. The van der Waals surface area contributed by atoms with Crippen molar-refractivity contribution in [1.29, 1.82) is 0 Å². The fraction of sp³-hybridized carbons (Fsp3) is 0.458. The minimum atomic E-state index is -0.761. The molecule has 0 unspecified atom stereocenters. The SMILES string of the molecule is CCN(CC)C(=O)CO/N=C1/C=C/CC/C=C/C[C@@H](C)OC(=O)c2c(O)cc(O)c(Cl)c2C1.CCN(CC)C(=O)CO/N=C1/C=C/CC/C=C/C[C@@H](C)OC(=O)c2c(O)cc(O)cc2C1.CCN(CC)C(=O)CO/N=C1\C=C\CC/C=C/C[C@@H](C)OC(=O)c2c(O)cc(O)c(Cl)c2C1.CCN(CC)C(=O)CO/N=C1\C=C\CC/C=C/C[C@@H](C)OC(=O)c2c(O)cc(O)cc2C1. The van der Waals surface area contributed by atoms with Gasteiger partial charge in [-0.1, -0.05) is 117 Å². The summed E-state index contributed by atoms with van der Waals surface area (Å²) in [6, 6.07) is 6.97. The summed E-state index contributed by atoms with van der Waals surface area (Å²) in [6.45, 7) is 25.8. The Balaban J connectivity index is 0.000000307. The molecule has 4 heterocycles. The Morgan fingerprint density at radius 3 is 0.792 bits per heavy atom. The Kier molecular flexibility index (Phi) is 48.2. The molecule has 0 aliphatic carbocycles. The first kappa shape index (κ1) is 108. The van der Waals surface area contributed by atoms with Gasteiger partial charge in [-0.05, 0) is 193 Å². The van der Waals surface area contributed by atoms with Crippen molar-refractivity contribution in [3.63, 3.8) is 0 Å². The highest BCUT2D eigenvalue weighted by Gasteiger charge is 2.30. The number of benzene rings is 4. The Labute approximate surface area is 770 Å². The number of allylic oxidation sites excluding steroid dienone is 12. The van der Waals surface area contributed by atoms with E-state index in [1.54, 1.807) is 71.6 Å². The Bertz CT molecular complexity index is 4540. The van der Waals surface area contributed by atoms with Gasteiger partial charge in [0, 0.05) is 128 Å². The van der Waals surface area contributed by atoms with Crippen molar-refractivity contribution in [2.75, 3.05) is 78.8 Å². The zero-order valence-electron chi connectivity index (χ0n) is 76.3. The van der Waals surface area contributed by atoms with E-state index in [4.69, 9.17) is 61.5 Å². The van der Waals surface area contributed by atoms with Gasteiger partial charge < -0.3 is 98.7 Å². The second kappa shape index (κ2) is 58.1. The predicted molar refractivity (Wildman–Crippen MR) is 497 cm³/mol. The third-order valence-electron chi connectivity index (χ3n) is 20.2. The minimum Gasteiger partial charge on any atom is -0.508 e. The molecule has 0 aromatic heterocycles. The lowest BCUT2D eigenvalue weighted by molar-refractivity contribution is -0.136. The summed E-state index contributed by atoms with van der Waals surface area (Å²) in [5.41, 5.74) is 2.22. The molecular formula is C96H126Cl2N8O24. The van der Waals surface area contributed by atoms with Crippen molar-refractivity contribution in [1.82, 2.24) is 19.6 Å². The predicted octanol–water partition coefficient (Wildman–Crippen LogP) is 16.2. The lowest BCUT2D eigenvalue weighted by Crippen LogP contribution is -2.33. The van der Waals surface area contributed by atoms with Gasteiger partial charge in [-0.25, -0.2) is 19.2 Å². The largest absolute Gasteiger partial charge is 0.508 e. The highest BCUT2D eigenvalue weighted by molar-refractivity contribution is 6.34. The molecule has 708 valence electrons. The van der Waals surface area contributed by atoms with E-state index in [0.29, 0.717) is 112 Å². The van der Waals surface area contributed by atoms with Crippen LogP contribution >= 0.6 is 23.2 Å². The summed E-state index contributed by atoms with van der Waals surface area (Å²) in [7, 11) is 0. The molecule has 8 rings (SSSR count). The second-order valence-corrected chi connectivity index (χ2v) is 30.9. The zero-order valence-corrected chi connectivity index (χ0v) is 77.8. The fourth-order valence-corrected chi connectivity index (χ4v) is 13.7. The molecule has 0 saturated carbocycles. The third-order valence-corrected chi connectivity index (χ3v) is 21.1. The fourth-order valence-electron chi connectivity index (χ4n) is 13.3. The van der Waals surface area contributed by atoms with Crippen LogP contribution in [0.3, 0.4) is 0 Å². The molecule has 32 nitrogen and oxygen atoms in total. The van der Waals surface area contributed by atoms with Crippen molar-refractivity contribution in [3.8, 4) is 46.0 Å². The van der Waals surface area contributed by atoms with Crippen LogP contribution in [-0.2, 0) is 83.2 Å². The summed E-state index contributed by atoms with van der Waals surface area (Å²) in [4.78, 5) is 128. The van der Waals surface area contributed by atoms with Crippen molar-refractivity contribution < 1.29 is 118 Å². The molecular weight excluding hydrogens is 1720 g/mol. The van der Waals surface area contributed by atoms with Gasteiger partial charge in [-0.2, -0.15) is 0 Å². The molecule has 0 spiro atoms. The quantitative estimate of drug-likeness (QED) is 0.0176. The van der Waals surface area contributed by atoms with Crippen LogP contribution in [0.2, 0.25) is 10.0 Å². The van der Waals surface area contributed by atoms with Crippen molar-refractivity contribution in [2.24, 2.45) is 20.6 Å². The summed E-state index contributed by atoms with van der Waals surface area (Å²) < 4.78 is 21.9. The number of oxime groups is 4. The summed E-state index contributed by atoms with van der Waals surface area (Å²) in [5, 5.41) is 97.8. The van der Waals surface area contributed by atoms with E-state index in [2.05, 4.69) is 20.6 Å². The number of carbonyl (C=O) groups excluding carboxylic acids is 8. The molecule has 0 radical (unpaired) electrons. The number of halogens is 2. The number of rotatable bonds is 20. The number of nitrogens with zero attached hydrogens (tertiary/aromatic N) is 8. The Hall–Kier alpha value is -12.6. The molecule has 4 amide bonds. The number of phenols is 8. The first-order valence-corrected chi connectivity index (χ1v) is 44.5. The lowest BCUT2D eigenvalue weighted by atomic mass is 9.99. The average molecular weight is 1850 g/mol. The normalized spacial score (nSPS) is 20.4. The van der Waals surface area contributed by atoms with Gasteiger partial charge >= 0.3 is 23.9 Å². The number of aromatic hydroxyl groups is 8. The second-order valence-electron chi connectivity index (χ2n) is 30.2. The standard InChI is InChI=1S/2C24H31ClN2O6.2C24H32N2O6/c2*1-4-27(5-2)21(30)15-32-26-17-12-10-8-6-7-9-11-16(3)33-24(31)22-18(13-17)23(25)20(29)14-19(22)28;2*1-4-26(5-2)22(29)16-31-25-19-12-10-8-6-7-9-11-17(3)32-24(30)23-18(13-19)14-20(27)15-21(23)28/h2*7,9-10,12,14,16,28-29H,4-6,8,11,13,15H2,1-3H3;2*7,9-10,12,14-15,17,27-28H,4-6,8,11,13,16H2,1-3H3/b9-7+,12-10+,26-17+;9-7+,12-10+,26-17-;9-7+,12-10+,25-19+;9-7+,12-10+,25-19-/t2*16-;2*17-/m1111/s1. The number of esters is 4. The molecule has 130 heavy (non-hydrogen) atoms. The van der Waals surface area contributed by atoms with Crippen LogP contribution in [0, 0.1) is 0 Å². The number of cyclic esters (lactones) is 4. The van der Waals surface area contributed by atoms with Gasteiger partial charge in [-0.3, -0.25) is 19.2 Å². The maximum atomic E-state index is 12.8. The van der Waals surface area contributed by atoms with Gasteiger partial charge in [0.15, 0.2) is 26.4 Å². The number of amides is 4. The highest BCUT2D eigenvalue weighted by atomic mass is 35.5. The minimum absolute atomic E-state index is 0.0315. The van der Waals surface area contributed by atoms with Gasteiger partial charge in [0.25, 0.3) is 23.6 Å². The van der Waals surface area contributed by atoms with E-state index < -0.39 is 47.6 Å². The Morgan fingerprint density at radius 1 is 0.323 bits per heavy atom. The maximum absolute atomic E-state index is 12.8. The van der Waals surface area contributed by atoms with E-state index >= 15 is 0 Å². The van der Waals surface area contributed by atoms with Crippen LogP contribution in [0.4, 0.5) is 0 Å². The monoisotopic (exact) mass is 1840 g/mol. The van der Waals surface area contributed by atoms with Crippen molar-refractivity contribution in [3.05, 3.63) is 188 Å². The molecule has 0 bridgehead atoms. The Morgan fingerprint density at radius 2 is 0.546 bits per heavy atom. The molecule has 4 atom stereocenters. The molecule has 4 aliphatic rings. The molecule has 4 aromatic rings. The smallest absolute Gasteiger partial charge is 0.342 e.